The average molecular weight is 414 g/mol. The minimum atomic E-state index is -3.55. The van der Waals surface area contributed by atoms with Crippen molar-refractivity contribution in [3.05, 3.63) is 46.3 Å². The number of nitrogens with zero attached hydrogens (tertiary/aromatic N) is 1. The summed E-state index contributed by atoms with van der Waals surface area (Å²) in [6.45, 7) is 2.49. The van der Waals surface area contributed by atoms with E-state index in [1.165, 1.54) is 15.6 Å². The first-order valence-corrected chi connectivity index (χ1v) is 10.9. The van der Waals surface area contributed by atoms with Crippen LogP contribution in [-0.2, 0) is 14.8 Å². The molecule has 2 aromatic rings. The molecule has 140 valence electrons. The monoisotopic (exact) mass is 413 g/mol. The minimum Gasteiger partial charge on any atom is -0.299 e. The molecule has 2 N–H and O–H groups in total. The van der Waals surface area contributed by atoms with Gasteiger partial charge in [0.2, 0.25) is 5.91 Å². The van der Waals surface area contributed by atoms with Crippen molar-refractivity contribution in [2.24, 2.45) is 5.92 Å². The van der Waals surface area contributed by atoms with E-state index >= 15 is 0 Å². The van der Waals surface area contributed by atoms with E-state index in [-0.39, 0.29) is 12.5 Å². The van der Waals surface area contributed by atoms with Crippen LogP contribution in [0.3, 0.4) is 0 Å². The molecule has 2 heterocycles. The summed E-state index contributed by atoms with van der Waals surface area (Å²) in [5, 5.41) is 0.561. The Kier molecular flexibility index (Phi) is 5.86. The Morgan fingerprint density at radius 3 is 2.81 bits per heavy atom. The van der Waals surface area contributed by atoms with E-state index in [0.29, 0.717) is 34.3 Å². The molecule has 1 aliphatic heterocycles. The summed E-state index contributed by atoms with van der Waals surface area (Å²) in [6.07, 6.45) is 1.30. The highest BCUT2D eigenvalue weighted by atomic mass is 35.5. The number of nitrogens with one attached hydrogen (secondary N) is 2. The quantitative estimate of drug-likeness (QED) is 0.737. The normalized spacial score (nSPS) is 18.5. The lowest BCUT2D eigenvalue weighted by molar-refractivity contribution is -0.125. The number of piperidine rings is 1. The molecule has 6 nitrogen and oxygen atoms in total. The van der Waals surface area contributed by atoms with Crippen LogP contribution >= 0.6 is 22.9 Å². The number of carbonyl (C=O) groups is 1. The van der Waals surface area contributed by atoms with Crippen molar-refractivity contribution in [3.63, 3.8) is 0 Å². The first kappa shape index (κ1) is 19.2. The molecule has 9 heteroatoms. The van der Waals surface area contributed by atoms with Gasteiger partial charge in [-0.3, -0.25) is 15.6 Å². The van der Waals surface area contributed by atoms with Crippen LogP contribution < -0.4 is 10.9 Å². The van der Waals surface area contributed by atoms with Crippen LogP contribution in [0.5, 0.6) is 0 Å². The number of hydrogen-bond donors (Lipinski definition) is 2. The van der Waals surface area contributed by atoms with Gasteiger partial charge in [-0.25, -0.2) is 8.42 Å². The SMILES string of the molecule is Cc1ccc(S(=O)(=O)N2CCC[C@@H](C(=O)NNc3cccc(Cl)c3)C2)s1. The first-order chi connectivity index (χ1) is 12.4. The molecule has 26 heavy (non-hydrogen) atoms. The molecule has 1 saturated heterocycles. The van der Waals surface area contributed by atoms with E-state index in [0.717, 1.165) is 4.88 Å². The third-order valence-corrected chi connectivity index (χ3v) is 7.79. The van der Waals surface area contributed by atoms with E-state index in [2.05, 4.69) is 10.9 Å². The molecular formula is C17H20ClN3O3S2. The zero-order chi connectivity index (χ0) is 18.7. The maximum absolute atomic E-state index is 12.8. The Balaban J connectivity index is 1.63. The highest BCUT2D eigenvalue weighted by molar-refractivity contribution is 7.91. The number of halogens is 1. The molecule has 1 atom stereocenters. The fourth-order valence-electron chi connectivity index (χ4n) is 2.85. The molecule has 1 aliphatic rings. The standard InChI is InChI=1S/C17H20ClN3O3S2/c1-12-7-8-16(25-12)26(23,24)21-9-3-4-13(11-21)17(22)20-19-15-6-2-5-14(18)10-15/h2,5-8,10,13,19H,3-4,9,11H2,1H3,(H,20,22)/t13-/m1/s1. The Morgan fingerprint density at radius 1 is 1.31 bits per heavy atom. The van der Waals surface area contributed by atoms with Gasteiger partial charge in [0.1, 0.15) is 4.21 Å². The Hall–Kier alpha value is -1.61. The van der Waals surface area contributed by atoms with Gasteiger partial charge in [0.25, 0.3) is 10.0 Å². The third kappa shape index (κ3) is 4.37. The molecule has 1 aromatic carbocycles. The number of amides is 1. The second-order valence-corrected chi connectivity index (χ2v) is 10.1. The van der Waals surface area contributed by atoms with Gasteiger partial charge >= 0.3 is 0 Å². The van der Waals surface area contributed by atoms with Gasteiger partial charge in [-0.15, -0.1) is 11.3 Å². The van der Waals surface area contributed by atoms with Crippen molar-refractivity contribution in [3.8, 4) is 0 Å². The summed E-state index contributed by atoms with van der Waals surface area (Å²) in [6, 6.07) is 10.4. The first-order valence-electron chi connectivity index (χ1n) is 8.24. The van der Waals surface area contributed by atoms with Gasteiger partial charge in [-0.1, -0.05) is 17.7 Å². The maximum Gasteiger partial charge on any atom is 0.252 e. The topological polar surface area (TPSA) is 78.5 Å². The van der Waals surface area contributed by atoms with Crippen LogP contribution in [0.1, 0.15) is 17.7 Å². The van der Waals surface area contributed by atoms with E-state index < -0.39 is 15.9 Å². The van der Waals surface area contributed by atoms with Gasteiger partial charge in [-0.05, 0) is 50.1 Å². The van der Waals surface area contributed by atoms with Gasteiger partial charge in [0.05, 0.1) is 11.6 Å². The molecule has 0 unspecified atom stereocenters. The van der Waals surface area contributed by atoms with Crippen LogP contribution in [0, 0.1) is 12.8 Å². The summed E-state index contributed by atoms with van der Waals surface area (Å²) >= 11 is 7.16. The number of sulfonamides is 1. The van der Waals surface area contributed by atoms with Crippen molar-refractivity contribution >= 4 is 44.6 Å². The molecular weight excluding hydrogens is 394 g/mol. The number of benzene rings is 1. The predicted octanol–water partition coefficient (Wildman–Crippen LogP) is 3.25. The molecule has 3 rings (SSSR count). The number of hydrazine groups is 1. The molecule has 0 radical (unpaired) electrons. The van der Waals surface area contributed by atoms with Crippen LogP contribution in [0.15, 0.2) is 40.6 Å². The Labute approximate surface area is 162 Å². The molecule has 1 amide bonds. The Bertz CT molecular complexity index is 898. The summed E-state index contributed by atoms with van der Waals surface area (Å²) in [5.74, 6) is -0.626. The van der Waals surface area contributed by atoms with Crippen molar-refractivity contribution in [2.75, 3.05) is 18.5 Å². The summed E-state index contributed by atoms with van der Waals surface area (Å²) in [5.41, 5.74) is 6.13. The summed E-state index contributed by atoms with van der Waals surface area (Å²) < 4.78 is 27.3. The highest BCUT2D eigenvalue weighted by Gasteiger charge is 2.34. The van der Waals surface area contributed by atoms with Gasteiger partial charge < -0.3 is 0 Å². The van der Waals surface area contributed by atoms with Crippen LogP contribution in [0.4, 0.5) is 5.69 Å². The van der Waals surface area contributed by atoms with Crippen molar-refractivity contribution < 1.29 is 13.2 Å². The van der Waals surface area contributed by atoms with Crippen LogP contribution in [0.25, 0.3) is 0 Å². The van der Waals surface area contributed by atoms with Gasteiger partial charge in [0.15, 0.2) is 0 Å². The number of aryl methyl sites for hydroxylation is 1. The third-order valence-electron chi connectivity index (χ3n) is 4.22. The van der Waals surface area contributed by atoms with Crippen LogP contribution in [-0.4, -0.2) is 31.7 Å². The predicted molar refractivity (Wildman–Crippen MR) is 104 cm³/mol. The summed E-state index contributed by atoms with van der Waals surface area (Å²) in [4.78, 5) is 13.4. The summed E-state index contributed by atoms with van der Waals surface area (Å²) in [7, 11) is -3.55. The average Bonchev–Trinajstić information content (AvgIpc) is 3.07. The lowest BCUT2D eigenvalue weighted by atomic mass is 9.99. The van der Waals surface area contributed by atoms with Crippen LogP contribution in [0.2, 0.25) is 5.02 Å². The zero-order valence-corrected chi connectivity index (χ0v) is 16.6. The number of thiophene rings is 1. The number of carbonyl (C=O) groups excluding carboxylic acids is 1. The highest BCUT2D eigenvalue weighted by Crippen LogP contribution is 2.28. The van der Waals surface area contributed by atoms with Gasteiger partial charge in [-0.2, -0.15) is 4.31 Å². The molecule has 0 aliphatic carbocycles. The minimum absolute atomic E-state index is 0.183. The molecule has 0 bridgehead atoms. The number of rotatable bonds is 5. The lowest BCUT2D eigenvalue weighted by Crippen LogP contribution is -2.46. The number of hydrogen-bond acceptors (Lipinski definition) is 5. The maximum atomic E-state index is 12.8. The Morgan fingerprint density at radius 2 is 2.12 bits per heavy atom. The van der Waals surface area contributed by atoms with Crippen molar-refractivity contribution in [1.82, 2.24) is 9.73 Å². The van der Waals surface area contributed by atoms with E-state index in [4.69, 9.17) is 11.6 Å². The number of anilines is 1. The molecule has 0 saturated carbocycles. The van der Waals surface area contributed by atoms with E-state index in [1.54, 1.807) is 36.4 Å². The van der Waals surface area contributed by atoms with Crippen molar-refractivity contribution in [1.29, 1.82) is 0 Å². The largest absolute Gasteiger partial charge is 0.299 e. The lowest BCUT2D eigenvalue weighted by Gasteiger charge is -2.30. The molecule has 0 spiro atoms. The smallest absolute Gasteiger partial charge is 0.252 e. The van der Waals surface area contributed by atoms with E-state index in [9.17, 15) is 13.2 Å². The second-order valence-electron chi connectivity index (χ2n) is 6.19. The van der Waals surface area contributed by atoms with Crippen molar-refractivity contribution in [2.45, 2.75) is 24.0 Å². The fourth-order valence-corrected chi connectivity index (χ4v) is 6.01. The molecule has 1 aromatic heterocycles. The van der Waals surface area contributed by atoms with E-state index in [1.807, 2.05) is 6.92 Å². The van der Waals surface area contributed by atoms with Gasteiger partial charge in [0, 0.05) is 23.0 Å². The second kappa shape index (κ2) is 7.96. The fraction of sp³-hybridized carbons (Fsp3) is 0.353. The molecule has 1 fully saturated rings. The zero-order valence-electron chi connectivity index (χ0n) is 14.2.